The van der Waals surface area contributed by atoms with E-state index >= 15 is 0 Å². The number of fused-ring (bicyclic) bond motifs is 1. The number of thioether (sulfide) groups is 1. The maximum absolute atomic E-state index is 12.2. The minimum Gasteiger partial charge on any atom is -0.338 e. The molecule has 1 N–H and O–H groups in total. The zero-order valence-electron chi connectivity index (χ0n) is 13.8. The fraction of sp³-hybridized carbons (Fsp3) is 0.111. The Morgan fingerprint density at radius 2 is 2.08 bits per heavy atom. The molecule has 4 aromatic rings. The van der Waals surface area contributed by atoms with Crippen LogP contribution in [0.25, 0.3) is 21.5 Å². The van der Waals surface area contributed by atoms with Gasteiger partial charge in [-0.25, -0.2) is 9.97 Å². The minimum atomic E-state index is -0.177. The molecule has 0 aliphatic heterocycles. The summed E-state index contributed by atoms with van der Waals surface area (Å²) in [5, 5.41) is 10.5. The molecule has 0 saturated heterocycles. The zero-order valence-corrected chi connectivity index (χ0v) is 15.4. The lowest BCUT2D eigenvalue weighted by molar-refractivity contribution is -0.113. The highest BCUT2D eigenvalue weighted by molar-refractivity contribution is 8.00. The van der Waals surface area contributed by atoms with Crippen LogP contribution in [0.4, 0.5) is 5.88 Å². The summed E-state index contributed by atoms with van der Waals surface area (Å²) in [6.07, 6.45) is 1.52. The van der Waals surface area contributed by atoms with Gasteiger partial charge in [-0.15, -0.1) is 11.3 Å². The second kappa shape index (κ2) is 7.27. The van der Waals surface area contributed by atoms with Crippen LogP contribution in [0, 0.1) is 6.92 Å². The standard InChI is InChI=1S/C18H14N4O2S2/c1-11-2-4-12(5-3-11)14-8-16(24-22-14)21-15(23)9-26-18-13-6-7-25-17(13)19-10-20-18/h2-8,10H,9H2,1H3,(H,21,23). The second-order valence-electron chi connectivity index (χ2n) is 5.60. The number of anilines is 1. The average Bonchev–Trinajstić information content (AvgIpc) is 3.30. The van der Waals surface area contributed by atoms with Gasteiger partial charge in [0.2, 0.25) is 11.8 Å². The van der Waals surface area contributed by atoms with E-state index in [4.69, 9.17) is 4.52 Å². The normalized spacial score (nSPS) is 11.0. The number of nitrogens with zero attached hydrogens (tertiary/aromatic N) is 3. The summed E-state index contributed by atoms with van der Waals surface area (Å²) in [5.74, 6) is 0.376. The first-order chi connectivity index (χ1) is 12.7. The third-order valence-electron chi connectivity index (χ3n) is 3.69. The molecule has 3 heterocycles. The molecule has 0 aliphatic rings. The molecule has 1 aromatic carbocycles. The molecule has 4 rings (SSSR count). The van der Waals surface area contributed by atoms with Crippen LogP contribution in [0.3, 0.4) is 0 Å². The molecular weight excluding hydrogens is 368 g/mol. The number of carbonyl (C=O) groups excluding carboxylic acids is 1. The first-order valence-electron chi connectivity index (χ1n) is 7.83. The maximum atomic E-state index is 12.2. The van der Waals surface area contributed by atoms with Gasteiger partial charge in [0.1, 0.15) is 21.9 Å². The molecule has 130 valence electrons. The number of aryl methyl sites for hydroxylation is 1. The fourth-order valence-corrected chi connectivity index (χ4v) is 3.96. The molecule has 0 bridgehead atoms. The summed E-state index contributed by atoms with van der Waals surface area (Å²) in [6.45, 7) is 2.03. The summed E-state index contributed by atoms with van der Waals surface area (Å²) >= 11 is 2.92. The van der Waals surface area contributed by atoms with Crippen LogP contribution in [0.2, 0.25) is 0 Å². The summed E-state index contributed by atoms with van der Waals surface area (Å²) < 4.78 is 5.21. The van der Waals surface area contributed by atoms with Gasteiger partial charge in [0.05, 0.1) is 5.75 Å². The third-order valence-corrected chi connectivity index (χ3v) is 5.51. The van der Waals surface area contributed by atoms with Crippen molar-refractivity contribution in [1.29, 1.82) is 0 Å². The lowest BCUT2D eigenvalue weighted by atomic mass is 10.1. The largest absolute Gasteiger partial charge is 0.338 e. The summed E-state index contributed by atoms with van der Waals surface area (Å²) in [5.41, 5.74) is 2.80. The lowest BCUT2D eigenvalue weighted by Crippen LogP contribution is -2.13. The maximum Gasteiger partial charge on any atom is 0.237 e. The molecular formula is C18H14N4O2S2. The molecule has 0 fully saturated rings. The molecule has 8 heteroatoms. The van der Waals surface area contributed by atoms with E-state index in [-0.39, 0.29) is 11.7 Å². The van der Waals surface area contributed by atoms with Crippen molar-refractivity contribution in [2.45, 2.75) is 11.9 Å². The average molecular weight is 382 g/mol. The highest BCUT2D eigenvalue weighted by Gasteiger charge is 2.12. The van der Waals surface area contributed by atoms with E-state index < -0.39 is 0 Å². The zero-order chi connectivity index (χ0) is 17.9. The van der Waals surface area contributed by atoms with Crippen molar-refractivity contribution >= 4 is 45.1 Å². The van der Waals surface area contributed by atoms with E-state index in [0.717, 1.165) is 20.8 Å². The Kier molecular flexibility index (Phi) is 4.68. The number of rotatable bonds is 5. The van der Waals surface area contributed by atoms with Crippen molar-refractivity contribution in [2.24, 2.45) is 0 Å². The van der Waals surface area contributed by atoms with Crippen LogP contribution in [0.1, 0.15) is 5.56 Å². The minimum absolute atomic E-state index is 0.177. The Morgan fingerprint density at radius 1 is 1.23 bits per heavy atom. The van der Waals surface area contributed by atoms with Crippen LogP contribution >= 0.6 is 23.1 Å². The number of thiophene rings is 1. The molecule has 3 aromatic heterocycles. The van der Waals surface area contributed by atoms with Gasteiger partial charge >= 0.3 is 0 Å². The Bertz CT molecular complexity index is 1060. The lowest BCUT2D eigenvalue weighted by Gasteiger charge is -2.02. The Morgan fingerprint density at radius 3 is 2.92 bits per heavy atom. The van der Waals surface area contributed by atoms with Crippen molar-refractivity contribution < 1.29 is 9.32 Å². The van der Waals surface area contributed by atoms with Crippen molar-refractivity contribution in [3.05, 3.63) is 53.7 Å². The van der Waals surface area contributed by atoms with Gasteiger partial charge in [-0.1, -0.05) is 46.7 Å². The van der Waals surface area contributed by atoms with Crippen LogP contribution in [0.15, 0.2) is 57.7 Å². The van der Waals surface area contributed by atoms with Gasteiger partial charge in [0, 0.05) is 17.0 Å². The number of aromatic nitrogens is 3. The quantitative estimate of drug-likeness (QED) is 0.407. The molecule has 0 spiro atoms. The molecule has 26 heavy (non-hydrogen) atoms. The van der Waals surface area contributed by atoms with Gasteiger partial charge in [-0.05, 0) is 18.4 Å². The van der Waals surface area contributed by atoms with Crippen molar-refractivity contribution in [2.75, 3.05) is 11.1 Å². The topological polar surface area (TPSA) is 80.9 Å². The first-order valence-corrected chi connectivity index (χ1v) is 9.70. The SMILES string of the molecule is Cc1ccc(-c2cc(NC(=O)CSc3ncnc4sccc34)on2)cc1. The van der Waals surface area contributed by atoms with Crippen LogP contribution in [-0.2, 0) is 4.79 Å². The van der Waals surface area contributed by atoms with Crippen LogP contribution < -0.4 is 5.32 Å². The fourth-order valence-electron chi connectivity index (χ4n) is 2.38. The van der Waals surface area contributed by atoms with Crippen LogP contribution in [-0.4, -0.2) is 26.8 Å². The summed E-state index contributed by atoms with van der Waals surface area (Å²) in [7, 11) is 0. The second-order valence-corrected chi connectivity index (χ2v) is 7.46. The van der Waals surface area contributed by atoms with E-state index in [9.17, 15) is 4.79 Å². The molecule has 0 saturated carbocycles. The van der Waals surface area contributed by atoms with Crippen molar-refractivity contribution in [3.8, 4) is 11.3 Å². The smallest absolute Gasteiger partial charge is 0.237 e. The molecule has 6 nitrogen and oxygen atoms in total. The predicted octanol–water partition coefficient (Wildman–Crippen LogP) is 4.39. The van der Waals surface area contributed by atoms with E-state index in [2.05, 4.69) is 20.4 Å². The monoisotopic (exact) mass is 382 g/mol. The number of benzene rings is 1. The number of amides is 1. The third kappa shape index (κ3) is 3.61. The summed E-state index contributed by atoms with van der Waals surface area (Å²) in [4.78, 5) is 21.6. The molecule has 0 radical (unpaired) electrons. The predicted molar refractivity (Wildman–Crippen MR) is 103 cm³/mol. The van der Waals surface area contributed by atoms with E-state index in [0.29, 0.717) is 11.6 Å². The number of hydrogen-bond acceptors (Lipinski definition) is 7. The van der Waals surface area contributed by atoms with E-state index in [1.54, 1.807) is 17.4 Å². The van der Waals surface area contributed by atoms with Gasteiger partial charge in [0.25, 0.3) is 0 Å². The van der Waals surface area contributed by atoms with E-state index in [1.165, 1.54) is 23.7 Å². The van der Waals surface area contributed by atoms with Crippen molar-refractivity contribution in [1.82, 2.24) is 15.1 Å². The van der Waals surface area contributed by atoms with Gasteiger partial charge in [-0.2, -0.15) is 0 Å². The Hall–Kier alpha value is -2.71. The Labute approximate surface area is 157 Å². The highest BCUT2D eigenvalue weighted by atomic mass is 32.2. The number of hydrogen-bond donors (Lipinski definition) is 1. The molecule has 1 amide bonds. The first kappa shape index (κ1) is 16.7. The molecule has 0 unspecified atom stereocenters. The van der Waals surface area contributed by atoms with Gasteiger partial charge in [0.15, 0.2) is 0 Å². The molecule has 0 aliphatic carbocycles. The highest BCUT2D eigenvalue weighted by Crippen LogP contribution is 2.28. The van der Waals surface area contributed by atoms with Gasteiger partial charge < -0.3 is 4.52 Å². The Balaban J connectivity index is 1.39. The summed E-state index contributed by atoms with van der Waals surface area (Å²) in [6, 6.07) is 11.6. The number of nitrogens with one attached hydrogen (secondary N) is 1. The van der Waals surface area contributed by atoms with Gasteiger partial charge in [-0.3, -0.25) is 10.1 Å². The van der Waals surface area contributed by atoms with Crippen molar-refractivity contribution in [3.63, 3.8) is 0 Å². The molecule has 0 atom stereocenters. The van der Waals surface area contributed by atoms with E-state index in [1.807, 2.05) is 42.6 Å². The number of carbonyl (C=O) groups is 1. The van der Waals surface area contributed by atoms with Crippen LogP contribution in [0.5, 0.6) is 0 Å².